The van der Waals surface area contributed by atoms with Crippen LogP contribution in [0.15, 0.2) is 28.8 Å². The third kappa shape index (κ3) is 1.82. The van der Waals surface area contributed by atoms with Gasteiger partial charge >= 0.3 is 6.18 Å². The van der Waals surface area contributed by atoms with Crippen molar-refractivity contribution in [1.29, 1.82) is 0 Å². The fraction of sp³-hybridized carbons (Fsp3) is 0.100. The molecule has 0 aliphatic carbocycles. The molecule has 0 aromatic carbocycles. The van der Waals surface area contributed by atoms with Gasteiger partial charge in [0.25, 0.3) is 5.56 Å². The monoisotopic (exact) mass is 286 g/mol. The Kier molecular flexibility index (Phi) is 2.45. The van der Waals surface area contributed by atoms with E-state index in [-0.39, 0.29) is 5.69 Å². The van der Waals surface area contributed by atoms with Crippen LogP contribution in [0.1, 0.15) is 5.69 Å². The minimum atomic E-state index is -4.62. The van der Waals surface area contributed by atoms with Crippen LogP contribution in [0.4, 0.5) is 13.2 Å². The van der Waals surface area contributed by atoms with E-state index in [1.165, 1.54) is 0 Å². The Balaban J connectivity index is 2.28. The lowest BCUT2D eigenvalue weighted by molar-refractivity contribution is -0.141. The van der Waals surface area contributed by atoms with Gasteiger partial charge in [-0.05, 0) is 11.4 Å². The Hall–Kier alpha value is -2.16. The second-order valence-electron chi connectivity index (χ2n) is 3.68. The number of aromatic nitrogens is 4. The van der Waals surface area contributed by atoms with E-state index < -0.39 is 17.4 Å². The van der Waals surface area contributed by atoms with E-state index in [1.54, 1.807) is 11.4 Å². The zero-order valence-corrected chi connectivity index (χ0v) is 9.92. The van der Waals surface area contributed by atoms with Crippen molar-refractivity contribution < 1.29 is 13.2 Å². The largest absolute Gasteiger partial charge is 0.434 e. The normalized spacial score (nSPS) is 12.2. The van der Waals surface area contributed by atoms with Gasteiger partial charge in [0.2, 0.25) is 0 Å². The van der Waals surface area contributed by atoms with Crippen molar-refractivity contribution in [2.45, 2.75) is 6.18 Å². The van der Waals surface area contributed by atoms with Gasteiger partial charge in [-0.3, -0.25) is 14.5 Å². The molecule has 0 aliphatic heterocycles. The number of aromatic amines is 1. The standard InChI is InChI=1S/C10H5F3N4OS/c11-10(12,13)8-6(3-15-16-8)17-4-14-5-1-2-19-7(5)9(17)18/h1-4H,(H,15,16). The molecular weight excluding hydrogens is 281 g/mol. The highest BCUT2D eigenvalue weighted by atomic mass is 32.1. The molecule has 0 amide bonds. The summed E-state index contributed by atoms with van der Waals surface area (Å²) in [6.07, 6.45) is -2.60. The number of nitrogens with one attached hydrogen (secondary N) is 1. The number of hydrogen-bond acceptors (Lipinski definition) is 4. The maximum Gasteiger partial charge on any atom is 0.434 e. The Morgan fingerprint density at radius 2 is 2.16 bits per heavy atom. The van der Waals surface area contributed by atoms with Gasteiger partial charge in [-0.15, -0.1) is 11.3 Å². The summed E-state index contributed by atoms with van der Waals surface area (Å²) in [6, 6.07) is 1.63. The van der Waals surface area contributed by atoms with Gasteiger partial charge in [0, 0.05) is 0 Å². The summed E-state index contributed by atoms with van der Waals surface area (Å²) in [5.74, 6) is 0. The molecule has 19 heavy (non-hydrogen) atoms. The Bertz CT molecular complexity index is 801. The third-order valence-corrected chi connectivity index (χ3v) is 3.42. The number of hydrogen-bond donors (Lipinski definition) is 1. The highest BCUT2D eigenvalue weighted by Gasteiger charge is 2.36. The van der Waals surface area contributed by atoms with Crippen LogP contribution in [0.5, 0.6) is 0 Å². The molecule has 0 unspecified atom stereocenters. The van der Waals surface area contributed by atoms with Crippen molar-refractivity contribution in [3.05, 3.63) is 40.0 Å². The van der Waals surface area contributed by atoms with Crippen LogP contribution in [0, 0.1) is 0 Å². The van der Waals surface area contributed by atoms with Crippen molar-refractivity contribution in [2.24, 2.45) is 0 Å². The molecule has 98 valence electrons. The van der Waals surface area contributed by atoms with Crippen molar-refractivity contribution >= 4 is 21.6 Å². The topological polar surface area (TPSA) is 63.6 Å². The van der Waals surface area contributed by atoms with Gasteiger partial charge in [-0.1, -0.05) is 0 Å². The molecule has 3 aromatic heterocycles. The van der Waals surface area contributed by atoms with Crippen LogP contribution in [-0.4, -0.2) is 19.7 Å². The van der Waals surface area contributed by atoms with E-state index in [4.69, 9.17) is 0 Å². The Morgan fingerprint density at radius 3 is 2.89 bits per heavy atom. The summed E-state index contributed by atoms with van der Waals surface area (Å²) in [7, 11) is 0. The molecular formula is C10H5F3N4OS. The fourth-order valence-electron chi connectivity index (χ4n) is 1.69. The number of rotatable bonds is 1. The fourth-order valence-corrected chi connectivity index (χ4v) is 2.46. The van der Waals surface area contributed by atoms with Crippen LogP contribution in [0.2, 0.25) is 0 Å². The van der Waals surface area contributed by atoms with Crippen molar-refractivity contribution in [3.63, 3.8) is 0 Å². The van der Waals surface area contributed by atoms with Crippen LogP contribution >= 0.6 is 11.3 Å². The lowest BCUT2D eigenvalue weighted by atomic mass is 10.3. The summed E-state index contributed by atoms with van der Waals surface area (Å²) in [4.78, 5) is 16.0. The summed E-state index contributed by atoms with van der Waals surface area (Å²) < 4.78 is 39.4. The van der Waals surface area contributed by atoms with Crippen molar-refractivity contribution in [1.82, 2.24) is 19.7 Å². The summed E-state index contributed by atoms with van der Waals surface area (Å²) in [5.41, 5.74) is -1.53. The second-order valence-corrected chi connectivity index (χ2v) is 4.60. The first-order chi connectivity index (χ1) is 8.98. The van der Waals surface area contributed by atoms with Gasteiger partial charge in [-0.25, -0.2) is 4.98 Å². The number of halogens is 3. The number of nitrogens with zero attached hydrogens (tertiary/aromatic N) is 3. The maximum absolute atomic E-state index is 12.7. The molecule has 0 saturated carbocycles. The first-order valence-electron chi connectivity index (χ1n) is 5.04. The molecule has 3 aromatic rings. The zero-order valence-electron chi connectivity index (χ0n) is 9.10. The van der Waals surface area contributed by atoms with Gasteiger partial charge < -0.3 is 0 Å². The molecule has 5 nitrogen and oxygen atoms in total. The van der Waals surface area contributed by atoms with E-state index in [0.29, 0.717) is 10.2 Å². The predicted molar refractivity (Wildman–Crippen MR) is 62.4 cm³/mol. The average molecular weight is 286 g/mol. The predicted octanol–water partition coefficient (Wildman–Crippen LogP) is 2.19. The van der Waals surface area contributed by atoms with Crippen LogP contribution in [0.3, 0.4) is 0 Å². The summed E-state index contributed by atoms with van der Waals surface area (Å²) >= 11 is 1.13. The van der Waals surface area contributed by atoms with E-state index in [2.05, 4.69) is 10.1 Å². The van der Waals surface area contributed by atoms with Gasteiger partial charge in [0.15, 0.2) is 5.69 Å². The van der Waals surface area contributed by atoms with E-state index in [9.17, 15) is 18.0 Å². The smallest absolute Gasteiger partial charge is 0.272 e. The minimum absolute atomic E-state index is 0.303. The molecule has 1 N–H and O–H groups in total. The van der Waals surface area contributed by atoms with Gasteiger partial charge in [-0.2, -0.15) is 18.3 Å². The van der Waals surface area contributed by atoms with Crippen molar-refractivity contribution in [2.75, 3.05) is 0 Å². The first kappa shape index (κ1) is 11.9. The highest BCUT2D eigenvalue weighted by molar-refractivity contribution is 7.17. The Morgan fingerprint density at radius 1 is 1.37 bits per heavy atom. The lowest BCUT2D eigenvalue weighted by Gasteiger charge is -2.08. The molecule has 0 radical (unpaired) electrons. The molecule has 0 saturated heterocycles. The van der Waals surface area contributed by atoms with Crippen LogP contribution in [0.25, 0.3) is 15.9 Å². The second kappa shape index (κ2) is 3.92. The highest BCUT2D eigenvalue weighted by Crippen LogP contribution is 2.31. The zero-order chi connectivity index (χ0) is 13.6. The first-order valence-corrected chi connectivity index (χ1v) is 5.92. The molecule has 0 fully saturated rings. The average Bonchev–Trinajstić information content (AvgIpc) is 2.96. The number of alkyl halides is 3. The number of thiophene rings is 1. The summed E-state index contributed by atoms with van der Waals surface area (Å²) in [5, 5.41) is 6.86. The molecule has 0 bridgehead atoms. The van der Waals surface area contributed by atoms with E-state index in [0.717, 1.165) is 28.4 Å². The van der Waals surface area contributed by atoms with Gasteiger partial charge in [0.05, 0.1) is 11.7 Å². The Labute approximate surface area is 107 Å². The van der Waals surface area contributed by atoms with Crippen molar-refractivity contribution in [3.8, 4) is 5.69 Å². The SMILES string of the molecule is O=c1c2sccc2ncn1-c1cn[nH]c1C(F)(F)F. The van der Waals surface area contributed by atoms with Gasteiger partial charge in [0.1, 0.15) is 16.7 Å². The third-order valence-electron chi connectivity index (χ3n) is 2.53. The molecule has 9 heteroatoms. The van der Waals surface area contributed by atoms with Crippen LogP contribution < -0.4 is 5.56 Å². The molecule has 3 rings (SSSR count). The molecule has 0 atom stereocenters. The summed E-state index contributed by atoms with van der Waals surface area (Å²) in [6.45, 7) is 0. The molecule has 0 spiro atoms. The minimum Gasteiger partial charge on any atom is -0.272 e. The quantitative estimate of drug-likeness (QED) is 0.745. The van der Waals surface area contributed by atoms with E-state index >= 15 is 0 Å². The number of fused-ring (bicyclic) bond motifs is 1. The number of H-pyrrole nitrogens is 1. The maximum atomic E-state index is 12.7. The van der Waals surface area contributed by atoms with E-state index in [1.807, 2.05) is 5.10 Å². The molecule has 3 heterocycles. The lowest BCUT2D eigenvalue weighted by Crippen LogP contribution is -2.20. The molecule has 0 aliphatic rings. The van der Waals surface area contributed by atoms with Crippen LogP contribution in [-0.2, 0) is 6.18 Å².